The van der Waals surface area contributed by atoms with E-state index in [-0.39, 0.29) is 0 Å². The van der Waals surface area contributed by atoms with Crippen molar-refractivity contribution in [3.63, 3.8) is 0 Å². The summed E-state index contributed by atoms with van der Waals surface area (Å²) in [5, 5.41) is 18.2. The van der Waals surface area contributed by atoms with Crippen LogP contribution in [-0.2, 0) is 16.0 Å². The lowest BCUT2D eigenvalue weighted by Crippen LogP contribution is -2.17. The van der Waals surface area contributed by atoms with Crippen molar-refractivity contribution in [2.75, 3.05) is 24.6 Å². The van der Waals surface area contributed by atoms with Gasteiger partial charge < -0.3 is 15.5 Å². The van der Waals surface area contributed by atoms with Crippen LogP contribution in [-0.4, -0.2) is 51.3 Å². The van der Waals surface area contributed by atoms with Crippen LogP contribution in [0.4, 0.5) is 0 Å². The fraction of sp³-hybridized carbons (Fsp3) is 0.500. The van der Waals surface area contributed by atoms with Crippen molar-refractivity contribution in [1.29, 1.82) is 0 Å². The highest BCUT2D eigenvalue weighted by molar-refractivity contribution is 8.17. The third-order valence-electron chi connectivity index (χ3n) is 3.59. The van der Waals surface area contributed by atoms with E-state index in [0.29, 0.717) is 0 Å². The minimum atomic E-state index is -1.82. The van der Waals surface area contributed by atoms with Gasteiger partial charge >= 0.3 is 11.9 Å². The van der Waals surface area contributed by atoms with Crippen molar-refractivity contribution in [2.24, 2.45) is 0 Å². The van der Waals surface area contributed by atoms with Gasteiger partial charge in [-0.15, -0.1) is 29.4 Å². The third-order valence-corrected chi connectivity index (χ3v) is 6.67. The Bertz CT molecular complexity index is 595. The zero-order valence-electron chi connectivity index (χ0n) is 15.4. The lowest BCUT2D eigenvalue weighted by Gasteiger charge is -2.19. The monoisotopic (exact) mass is 409 g/mol. The zero-order chi connectivity index (χ0) is 19.7. The minimum absolute atomic E-state index is 0.819. The van der Waals surface area contributed by atoms with Crippen molar-refractivity contribution in [1.82, 2.24) is 5.32 Å². The summed E-state index contributed by atoms with van der Waals surface area (Å²) in [5.74, 6) is 5.59. The number of carboxylic acids is 2. The number of thioether (sulfide) groups is 2. The quantitative estimate of drug-likeness (QED) is 0.362. The van der Waals surface area contributed by atoms with Crippen LogP contribution >= 0.6 is 23.5 Å². The Labute approximate surface area is 169 Å². The molecule has 1 fully saturated rings. The first-order chi connectivity index (χ1) is 13.1. The van der Waals surface area contributed by atoms with E-state index in [2.05, 4.69) is 71.0 Å². The van der Waals surface area contributed by atoms with Gasteiger partial charge in [0.15, 0.2) is 0 Å². The molecule has 1 aromatic carbocycles. The minimum Gasteiger partial charge on any atom is -0.473 e. The first-order valence-corrected chi connectivity index (χ1v) is 11.1. The van der Waals surface area contributed by atoms with E-state index in [1.165, 1.54) is 36.3 Å². The molecule has 0 unspecified atom stereocenters. The van der Waals surface area contributed by atoms with Crippen molar-refractivity contribution < 1.29 is 19.8 Å². The molecule has 0 radical (unpaired) electrons. The maximum absolute atomic E-state index is 9.10. The van der Waals surface area contributed by atoms with Gasteiger partial charge in [0.2, 0.25) is 0 Å². The fourth-order valence-corrected chi connectivity index (χ4v) is 5.20. The summed E-state index contributed by atoms with van der Waals surface area (Å²) in [6.45, 7) is 1.83. The number of hydrogen-bond acceptors (Lipinski definition) is 5. The molecule has 5 nitrogen and oxygen atoms in total. The average molecular weight is 410 g/mol. The van der Waals surface area contributed by atoms with Crippen molar-refractivity contribution in [3.8, 4) is 11.8 Å². The van der Waals surface area contributed by atoms with Gasteiger partial charge in [-0.1, -0.05) is 36.3 Å². The Balaban J connectivity index is 0.000000527. The van der Waals surface area contributed by atoms with Gasteiger partial charge in [0.25, 0.3) is 0 Å². The molecule has 0 saturated carbocycles. The summed E-state index contributed by atoms with van der Waals surface area (Å²) in [4.78, 5) is 18.2. The summed E-state index contributed by atoms with van der Waals surface area (Å²) >= 11 is 4.28. The van der Waals surface area contributed by atoms with E-state index in [9.17, 15) is 0 Å². The summed E-state index contributed by atoms with van der Waals surface area (Å²) in [6, 6.07) is 10.6. The predicted molar refractivity (Wildman–Crippen MR) is 113 cm³/mol. The fourth-order valence-electron chi connectivity index (χ4n) is 2.24. The SMILES string of the molecule is C(#CCNCCc1ccccc1)CCCC1SCCCS1.O=C(O)C(=O)O. The van der Waals surface area contributed by atoms with Crippen LogP contribution in [0.5, 0.6) is 0 Å². The van der Waals surface area contributed by atoms with Gasteiger partial charge in [-0.2, -0.15) is 0 Å². The van der Waals surface area contributed by atoms with Crippen molar-refractivity contribution in [3.05, 3.63) is 35.9 Å². The number of carboxylic acid groups (broad SMARTS) is 2. The molecule has 0 spiro atoms. The largest absolute Gasteiger partial charge is 0.473 e. The molecule has 0 amide bonds. The Morgan fingerprint density at radius 2 is 1.74 bits per heavy atom. The van der Waals surface area contributed by atoms with Crippen LogP contribution in [0.3, 0.4) is 0 Å². The Kier molecular flexibility index (Phi) is 13.4. The van der Waals surface area contributed by atoms with Crippen LogP contribution in [0.15, 0.2) is 30.3 Å². The number of nitrogens with one attached hydrogen (secondary N) is 1. The van der Waals surface area contributed by atoms with Gasteiger partial charge in [-0.25, -0.2) is 9.59 Å². The Hall–Kier alpha value is -1.62. The topological polar surface area (TPSA) is 86.6 Å². The molecule has 1 aliphatic rings. The molecule has 1 aromatic rings. The lowest BCUT2D eigenvalue weighted by molar-refractivity contribution is -0.159. The second kappa shape index (κ2) is 15.4. The van der Waals surface area contributed by atoms with E-state index < -0.39 is 11.9 Å². The van der Waals surface area contributed by atoms with Crippen LogP contribution in [0.25, 0.3) is 0 Å². The van der Waals surface area contributed by atoms with E-state index >= 15 is 0 Å². The molecule has 3 N–H and O–H groups in total. The smallest absolute Gasteiger partial charge is 0.414 e. The highest BCUT2D eigenvalue weighted by Crippen LogP contribution is 2.33. The first-order valence-electron chi connectivity index (χ1n) is 8.99. The predicted octanol–water partition coefficient (Wildman–Crippen LogP) is 3.34. The van der Waals surface area contributed by atoms with Gasteiger partial charge in [-0.05, 0) is 42.8 Å². The first kappa shape index (κ1) is 23.4. The van der Waals surface area contributed by atoms with Crippen LogP contribution in [0, 0.1) is 11.8 Å². The summed E-state index contributed by atoms with van der Waals surface area (Å²) < 4.78 is 0.838. The Morgan fingerprint density at radius 1 is 1.07 bits per heavy atom. The van der Waals surface area contributed by atoms with Crippen LogP contribution in [0.2, 0.25) is 0 Å². The molecule has 1 heterocycles. The van der Waals surface area contributed by atoms with Gasteiger partial charge in [0.05, 0.1) is 11.1 Å². The second-order valence-electron chi connectivity index (χ2n) is 5.79. The molecule has 148 valence electrons. The van der Waals surface area contributed by atoms with E-state index in [4.69, 9.17) is 19.8 Å². The van der Waals surface area contributed by atoms with Crippen molar-refractivity contribution in [2.45, 2.75) is 36.7 Å². The number of benzene rings is 1. The number of hydrogen-bond donors (Lipinski definition) is 3. The standard InChI is InChI=1S/C18H25NS2.C2H2O4/c1(6-11-18-20-15-8-16-21-18)2-7-13-19-14-12-17-9-4-3-5-10-17;3-1(4)2(5)6/h3-5,9-10,18-19H,1,6,8,11-16H2;(H,3,4)(H,5,6). The molecular formula is C20H27NO4S2. The number of unbranched alkanes of at least 4 members (excludes halogenated alkanes) is 1. The van der Waals surface area contributed by atoms with E-state index in [0.717, 1.165) is 30.5 Å². The summed E-state index contributed by atoms with van der Waals surface area (Å²) in [7, 11) is 0. The molecular weight excluding hydrogens is 382 g/mol. The number of rotatable bonds is 7. The maximum Gasteiger partial charge on any atom is 0.414 e. The maximum atomic E-state index is 9.10. The molecule has 0 aliphatic carbocycles. The highest BCUT2D eigenvalue weighted by Gasteiger charge is 2.12. The molecule has 27 heavy (non-hydrogen) atoms. The zero-order valence-corrected chi connectivity index (χ0v) is 17.0. The van der Waals surface area contributed by atoms with Gasteiger partial charge in [-0.3, -0.25) is 0 Å². The van der Waals surface area contributed by atoms with Gasteiger partial charge in [0.1, 0.15) is 0 Å². The third kappa shape index (κ3) is 13.2. The average Bonchev–Trinajstić information content (AvgIpc) is 2.68. The Morgan fingerprint density at radius 3 is 2.37 bits per heavy atom. The molecule has 1 saturated heterocycles. The molecule has 1 aliphatic heterocycles. The number of carbonyl (C=O) groups is 2. The van der Waals surface area contributed by atoms with Gasteiger partial charge in [0, 0.05) is 13.0 Å². The van der Waals surface area contributed by atoms with E-state index in [1.54, 1.807) is 0 Å². The molecule has 0 bridgehead atoms. The van der Waals surface area contributed by atoms with Crippen LogP contribution < -0.4 is 5.32 Å². The molecule has 0 atom stereocenters. The lowest BCUT2D eigenvalue weighted by atomic mass is 10.1. The summed E-state index contributed by atoms with van der Waals surface area (Å²) in [5.41, 5.74) is 1.39. The van der Waals surface area contributed by atoms with Crippen molar-refractivity contribution >= 4 is 35.5 Å². The number of aliphatic carboxylic acids is 2. The summed E-state index contributed by atoms with van der Waals surface area (Å²) in [6.07, 6.45) is 6.10. The molecule has 7 heteroatoms. The second-order valence-corrected chi connectivity index (χ2v) is 8.71. The highest BCUT2D eigenvalue weighted by atomic mass is 32.2. The van der Waals surface area contributed by atoms with Crippen LogP contribution in [0.1, 0.15) is 31.2 Å². The molecule has 0 aromatic heterocycles. The van der Waals surface area contributed by atoms with E-state index in [1.807, 2.05) is 0 Å². The normalized spacial score (nSPS) is 13.6. The molecule has 2 rings (SSSR count).